The van der Waals surface area contributed by atoms with Crippen LogP contribution in [0.3, 0.4) is 0 Å². The molecule has 0 saturated heterocycles. The van der Waals surface area contributed by atoms with Crippen molar-refractivity contribution in [2.24, 2.45) is 5.73 Å². The highest BCUT2D eigenvalue weighted by Gasteiger charge is 2.30. The molecule has 3 heteroatoms. The molecule has 0 radical (unpaired) electrons. The minimum atomic E-state index is 0.240. The second kappa shape index (κ2) is 7.77. The van der Waals surface area contributed by atoms with Gasteiger partial charge in [0.1, 0.15) is 0 Å². The molecular weight excluding hydrogens is 272 g/mol. The van der Waals surface area contributed by atoms with Gasteiger partial charge < -0.3 is 10.6 Å². The van der Waals surface area contributed by atoms with Crippen LogP contribution in [0.15, 0.2) is 18.2 Å². The molecule has 1 aromatic rings. The number of nitrogens with zero attached hydrogens (tertiary/aromatic N) is 1. The number of nitrogens with two attached hydrogens (primary N) is 1. The number of hydrogen-bond donors (Lipinski definition) is 1. The fourth-order valence-electron chi connectivity index (χ4n) is 3.42. The summed E-state index contributed by atoms with van der Waals surface area (Å²) in [5.41, 5.74) is 9.87. The first kappa shape index (κ1) is 17.0. The Hall–Kier alpha value is -1.35. The molecule has 3 nitrogen and oxygen atoms in total. The topological polar surface area (TPSA) is 46.3 Å². The van der Waals surface area contributed by atoms with Crippen LogP contribution in [-0.4, -0.2) is 18.0 Å². The van der Waals surface area contributed by atoms with Crippen LogP contribution in [0.1, 0.15) is 64.0 Å². The number of benzene rings is 1. The molecule has 2 atom stereocenters. The normalized spacial score (nSPS) is 18.4. The summed E-state index contributed by atoms with van der Waals surface area (Å²) in [6.07, 6.45) is 6.78. The lowest BCUT2D eigenvalue weighted by Crippen LogP contribution is -2.35. The van der Waals surface area contributed by atoms with E-state index in [1.165, 1.54) is 11.1 Å². The summed E-state index contributed by atoms with van der Waals surface area (Å²) in [6, 6.07) is 7.04. The van der Waals surface area contributed by atoms with E-state index in [0.29, 0.717) is 6.42 Å². The number of hydrogen-bond acceptors (Lipinski definition) is 2. The molecule has 2 rings (SSSR count). The molecule has 122 valence electrons. The predicted octanol–water partition coefficient (Wildman–Crippen LogP) is 3.82. The standard InChI is InChI=1S/C19H30N2O/c1-4-6-8-19(22)21-14(3)11-16-12-15(9-10-18(16)21)13-17(20)7-5-2/h9-10,12,14,17H,4-8,11,13,20H2,1-3H3. The van der Waals surface area contributed by atoms with Crippen LogP contribution in [0.2, 0.25) is 0 Å². The summed E-state index contributed by atoms with van der Waals surface area (Å²) in [7, 11) is 0. The maximum absolute atomic E-state index is 12.4. The number of rotatable bonds is 7. The predicted molar refractivity (Wildman–Crippen MR) is 93.2 cm³/mol. The molecule has 22 heavy (non-hydrogen) atoms. The number of anilines is 1. The highest BCUT2D eigenvalue weighted by molar-refractivity contribution is 5.96. The van der Waals surface area contributed by atoms with Crippen molar-refractivity contribution in [1.82, 2.24) is 0 Å². The van der Waals surface area contributed by atoms with Crippen LogP contribution in [0.25, 0.3) is 0 Å². The third-order valence-corrected chi connectivity index (χ3v) is 4.53. The monoisotopic (exact) mass is 302 g/mol. The molecule has 1 aromatic carbocycles. The van der Waals surface area contributed by atoms with Crippen molar-refractivity contribution in [1.29, 1.82) is 0 Å². The smallest absolute Gasteiger partial charge is 0.227 e. The van der Waals surface area contributed by atoms with Crippen LogP contribution in [-0.2, 0) is 17.6 Å². The lowest BCUT2D eigenvalue weighted by Gasteiger charge is -2.23. The Kier molecular flexibility index (Phi) is 6.01. The van der Waals surface area contributed by atoms with Gasteiger partial charge in [0.05, 0.1) is 0 Å². The van der Waals surface area contributed by atoms with Crippen LogP contribution < -0.4 is 10.6 Å². The van der Waals surface area contributed by atoms with Crippen LogP contribution in [0.4, 0.5) is 5.69 Å². The number of fused-ring (bicyclic) bond motifs is 1. The largest absolute Gasteiger partial charge is 0.327 e. The first-order chi connectivity index (χ1) is 10.6. The van der Waals surface area contributed by atoms with Gasteiger partial charge in [-0.25, -0.2) is 0 Å². The Morgan fingerprint density at radius 2 is 2.14 bits per heavy atom. The first-order valence-corrected chi connectivity index (χ1v) is 8.76. The lowest BCUT2D eigenvalue weighted by atomic mass is 10.00. The molecule has 0 spiro atoms. The molecule has 1 amide bonds. The Morgan fingerprint density at radius 3 is 2.82 bits per heavy atom. The van der Waals surface area contributed by atoms with Crippen molar-refractivity contribution in [3.8, 4) is 0 Å². The summed E-state index contributed by atoms with van der Waals surface area (Å²) in [5, 5.41) is 0. The van der Waals surface area contributed by atoms with Crippen LogP contribution >= 0.6 is 0 Å². The zero-order chi connectivity index (χ0) is 16.1. The molecule has 2 N–H and O–H groups in total. The van der Waals surface area contributed by atoms with Gasteiger partial charge in [0, 0.05) is 24.2 Å². The highest BCUT2D eigenvalue weighted by Crippen LogP contribution is 2.33. The average molecular weight is 302 g/mol. The van der Waals surface area contributed by atoms with Gasteiger partial charge in [-0.3, -0.25) is 4.79 Å². The van der Waals surface area contributed by atoms with E-state index >= 15 is 0 Å². The quantitative estimate of drug-likeness (QED) is 0.832. The highest BCUT2D eigenvalue weighted by atomic mass is 16.2. The van der Waals surface area contributed by atoms with Crippen molar-refractivity contribution in [2.75, 3.05) is 4.90 Å². The summed E-state index contributed by atoms with van der Waals surface area (Å²) in [5.74, 6) is 0.267. The molecular formula is C19H30N2O. The van der Waals surface area contributed by atoms with Crippen LogP contribution in [0, 0.1) is 0 Å². The van der Waals surface area contributed by atoms with Gasteiger partial charge >= 0.3 is 0 Å². The SMILES string of the molecule is CCCCC(=O)N1c2ccc(CC(N)CCC)cc2CC1C. The Labute approximate surface area is 134 Å². The summed E-state index contributed by atoms with van der Waals surface area (Å²) in [6.45, 7) is 6.44. The van der Waals surface area contributed by atoms with Gasteiger partial charge in [0.25, 0.3) is 0 Å². The van der Waals surface area contributed by atoms with E-state index in [1.54, 1.807) is 0 Å². The fraction of sp³-hybridized carbons (Fsp3) is 0.632. The van der Waals surface area contributed by atoms with E-state index in [4.69, 9.17) is 5.73 Å². The van der Waals surface area contributed by atoms with Gasteiger partial charge in [0.15, 0.2) is 0 Å². The van der Waals surface area contributed by atoms with Crippen molar-refractivity contribution in [3.05, 3.63) is 29.3 Å². The molecule has 0 bridgehead atoms. The Morgan fingerprint density at radius 1 is 1.36 bits per heavy atom. The van der Waals surface area contributed by atoms with Gasteiger partial charge in [-0.2, -0.15) is 0 Å². The number of carbonyl (C=O) groups excluding carboxylic acids is 1. The van der Waals surface area contributed by atoms with Gasteiger partial charge in [-0.1, -0.05) is 38.8 Å². The number of carbonyl (C=O) groups is 1. The van der Waals surface area contributed by atoms with E-state index in [9.17, 15) is 4.79 Å². The van der Waals surface area contributed by atoms with E-state index in [-0.39, 0.29) is 18.0 Å². The summed E-state index contributed by atoms with van der Waals surface area (Å²) < 4.78 is 0. The average Bonchev–Trinajstić information content (AvgIpc) is 2.80. The Balaban J connectivity index is 2.11. The maximum Gasteiger partial charge on any atom is 0.227 e. The van der Waals surface area contributed by atoms with E-state index in [0.717, 1.165) is 44.2 Å². The van der Waals surface area contributed by atoms with Gasteiger partial charge in [-0.15, -0.1) is 0 Å². The molecule has 1 heterocycles. The summed E-state index contributed by atoms with van der Waals surface area (Å²) in [4.78, 5) is 14.4. The van der Waals surface area contributed by atoms with Crippen molar-refractivity contribution in [2.45, 2.75) is 77.8 Å². The van der Waals surface area contributed by atoms with Gasteiger partial charge in [-0.05, 0) is 49.8 Å². The molecule has 0 fully saturated rings. The van der Waals surface area contributed by atoms with Gasteiger partial charge in [0.2, 0.25) is 5.91 Å². The van der Waals surface area contributed by atoms with Crippen molar-refractivity contribution in [3.63, 3.8) is 0 Å². The molecule has 0 aliphatic carbocycles. The number of unbranched alkanes of at least 4 members (excludes halogenated alkanes) is 1. The van der Waals surface area contributed by atoms with Crippen LogP contribution in [0.5, 0.6) is 0 Å². The third kappa shape index (κ3) is 3.89. The zero-order valence-electron chi connectivity index (χ0n) is 14.3. The summed E-state index contributed by atoms with van der Waals surface area (Å²) >= 11 is 0. The minimum Gasteiger partial charge on any atom is -0.327 e. The van der Waals surface area contributed by atoms with E-state index in [1.807, 2.05) is 4.90 Å². The molecule has 0 saturated carbocycles. The second-order valence-corrected chi connectivity index (χ2v) is 6.64. The molecule has 1 aliphatic rings. The number of amides is 1. The fourth-order valence-corrected chi connectivity index (χ4v) is 3.42. The minimum absolute atomic E-state index is 0.240. The molecule has 1 aliphatic heterocycles. The van der Waals surface area contributed by atoms with Crippen molar-refractivity contribution < 1.29 is 4.79 Å². The molecule has 0 aromatic heterocycles. The van der Waals surface area contributed by atoms with Crippen molar-refractivity contribution >= 4 is 11.6 Å². The van der Waals surface area contributed by atoms with E-state index in [2.05, 4.69) is 39.0 Å². The molecule has 2 unspecified atom stereocenters. The maximum atomic E-state index is 12.4. The zero-order valence-corrected chi connectivity index (χ0v) is 14.3. The first-order valence-electron chi connectivity index (χ1n) is 8.76. The Bertz CT molecular complexity index is 512. The van der Waals surface area contributed by atoms with E-state index < -0.39 is 0 Å². The third-order valence-electron chi connectivity index (χ3n) is 4.53. The lowest BCUT2D eigenvalue weighted by molar-refractivity contribution is -0.119. The second-order valence-electron chi connectivity index (χ2n) is 6.64.